The third-order valence-electron chi connectivity index (χ3n) is 2.81. The molecular weight excluding hydrogens is 355 g/mol. The van der Waals surface area contributed by atoms with Crippen molar-refractivity contribution >= 4 is 44.7 Å². The molecular formula is C15H12BrFN2OS. The summed E-state index contributed by atoms with van der Waals surface area (Å²) in [6.45, 7) is 1.73. The van der Waals surface area contributed by atoms with Gasteiger partial charge in [0.2, 0.25) is 0 Å². The van der Waals surface area contributed by atoms with Crippen molar-refractivity contribution in [3.63, 3.8) is 0 Å². The number of thiocarbonyl (C=S) groups is 1. The van der Waals surface area contributed by atoms with E-state index in [0.717, 1.165) is 0 Å². The summed E-state index contributed by atoms with van der Waals surface area (Å²) in [6, 6.07) is 9.29. The van der Waals surface area contributed by atoms with Crippen LogP contribution in [0.15, 0.2) is 40.9 Å². The second kappa shape index (κ2) is 6.32. The first-order valence-electron chi connectivity index (χ1n) is 6.04. The quantitative estimate of drug-likeness (QED) is 0.812. The number of rotatable bonds is 3. The van der Waals surface area contributed by atoms with Gasteiger partial charge in [-0.25, -0.2) is 4.39 Å². The third-order valence-corrected chi connectivity index (χ3v) is 3.70. The number of amides is 1. The molecule has 0 atom stereocenters. The van der Waals surface area contributed by atoms with Gasteiger partial charge in [0.15, 0.2) is 0 Å². The number of nitrogens with two attached hydrogens (primary N) is 1. The lowest BCUT2D eigenvalue weighted by Crippen LogP contribution is -2.14. The molecule has 0 aliphatic carbocycles. The van der Waals surface area contributed by atoms with Crippen molar-refractivity contribution in [3.8, 4) is 0 Å². The molecule has 0 radical (unpaired) electrons. The third kappa shape index (κ3) is 3.86. The Balaban J connectivity index is 2.25. The molecule has 6 heteroatoms. The molecule has 0 aliphatic rings. The minimum atomic E-state index is -0.442. The second-order valence-corrected chi connectivity index (χ2v) is 5.82. The molecule has 0 aromatic heterocycles. The largest absolute Gasteiger partial charge is 0.389 e. The number of hydrogen-bond donors (Lipinski definition) is 2. The lowest BCUT2D eigenvalue weighted by molar-refractivity contribution is 0.102. The summed E-state index contributed by atoms with van der Waals surface area (Å²) >= 11 is 8.23. The first-order valence-corrected chi connectivity index (χ1v) is 7.25. The molecule has 2 rings (SSSR count). The van der Waals surface area contributed by atoms with E-state index in [1.165, 1.54) is 12.1 Å². The van der Waals surface area contributed by atoms with Crippen molar-refractivity contribution in [2.45, 2.75) is 6.92 Å². The molecule has 3 nitrogen and oxygen atoms in total. The van der Waals surface area contributed by atoms with Gasteiger partial charge in [0.1, 0.15) is 10.8 Å². The summed E-state index contributed by atoms with van der Waals surface area (Å²) in [5.41, 5.74) is 7.73. The van der Waals surface area contributed by atoms with Gasteiger partial charge in [-0.15, -0.1) is 0 Å². The minimum absolute atomic E-state index is 0.262. The first kappa shape index (κ1) is 15.6. The molecule has 3 N–H and O–H groups in total. The summed E-state index contributed by atoms with van der Waals surface area (Å²) in [4.78, 5) is 12.4. The van der Waals surface area contributed by atoms with Gasteiger partial charge >= 0.3 is 0 Å². The highest BCUT2D eigenvalue weighted by molar-refractivity contribution is 9.10. The molecule has 1 amide bonds. The normalized spacial score (nSPS) is 10.2. The fraction of sp³-hybridized carbons (Fsp3) is 0.0667. The number of hydrogen-bond acceptors (Lipinski definition) is 2. The Morgan fingerprint density at radius 1 is 1.24 bits per heavy atom. The maximum Gasteiger partial charge on any atom is 0.255 e. The van der Waals surface area contributed by atoms with Crippen molar-refractivity contribution in [2.24, 2.45) is 5.73 Å². The molecule has 0 heterocycles. The van der Waals surface area contributed by atoms with Crippen molar-refractivity contribution in [3.05, 3.63) is 63.4 Å². The number of benzene rings is 2. The highest BCUT2D eigenvalue weighted by Crippen LogP contribution is 2.24. The zero-order valence-electron chi connectivity index (χ0n) is 11.1. The van der Waals surface area contributed by atoms with Crippen LogP contribution in [0.5, 0.6) is 0 Å². The second-order valence-electron chi connectivity index (χ2n) is 4.53. The molecule has 2 aromatic carbocycles. The Morgan fingerprint density at radius 3 is 2.52 bits per heavy atom. The van der Waals surface area contributed by atoms with E-state index in [9.17, 15) is 9.18 Å². The molecule has 0 aliphatic heterocycles. The number of carbonyl (C=O) groups excluding carboxylic acids is 1. The Bertz CT molecular complexity index is 713. The van der Waals surface area contributed by atoms with E-state index >= 15 is 0 Å². The van der Waals surface area contributed by atoms with Gasteiger partial charge in [-0.1, -0.05) is 12.2 Å². The monoisotopic (exact) mass is 366 g/mol. The number of carbonyl (C=O) groups is 1. The molecule has 0 spiro atoms. The molecule has 0 saturated carbocycles. The summed E-state index contributed by atoms with van der Waals surface area (Å²) in [5.74, 6) is -0.829. The van der Waals surface area contributed by atoms with E-state index in [4.69, 9.17) is 18.0 Å². The fourth-order valence-electron chi connectivity index (χ4n) is 1.83. The summed E-state index contributed by atoms with van der Waals surface area (Å²) < 4.78 is 14.0. The van der Waals surface area contributed by atoms with E-state index in [0.29, 0.717) is 21.3 Å². The summed E-state index contributed by atoms with van der Waals surface area (Å²) in [5, 5.41) is 2.71. The van der Waals surface area contributed by atoms with Crippen molar-refractivity contribution < 1.29 is 9.18 Å². The Hall–Kier alpha value is -1.79. The zero-order valence-corrected chi connectivity index (χ0v) is 13.5. The number of halogens is 2. The van der Waals surface area contributed by atoms with Gasteiger partial charge in [-0.3, -0.25) is 4.79 Å². The highest BCUT2D eigenvalue weighted by atomic mass is 79.9. The van der Waals surface area contributed by atoms with Gasteiger partial charge in [0.05, 0.1) is 5.69 Å². The van der Waals surface area contributed by atoms with Crippen LogP contribution in [0.1, 0.15) is 21.5 Å². The summed E-state index contributed by atoms with van der Waals surface area (Å²) in [6.07, 6.45) is 0. The number of anilines is 1. The molecule has 0 saturated heterocycles. The van der Waals surface area contributed by atoms with Crippen LogP contribution in [0.25, 0.3) is 0 Å². The van der Waals surface area contributed by atoms with E-state index in [1.54, 1.807) is 31.2 Å². The van der Waals surface area contributed by atoms with Crippen LogP contribution in [0.4, 0.5) is 10.1 Å². The topological polar surface area (TPSA) is 55.1 Å². The molecule has 0 fully saturated rings. The Labute approximate surface area is 135 Å². The van der Waals surface area contributed by atoms with E-state index in [1.807, 2.05) is 0 Å². The van der Waals surface area contributed by atoms with Crippen LogP contribution in [0.2, 0.25) is 0 Å². The molecule has 0 bridgehead atoms. The van der Waals surface area contributed by atoms with Crippen molar-refractivity contribution in [2.75, 3.05) is 5.32 Å². The van der Waals surface area contributed by atoms with E-state index in [2.05, 4.69) is 21.2 Å². The summed E-state index contributed by atoms with van der Waals surface area (Å²) in [7, 11) is 0. The molecule has 108 valence electrons. The van der Waals surface area contributed by atoms with E-state index in [-0.39, 0.29) is 16.5 Å². The smallest absolute Gasteiger partial charge is 0.255 e. The van der Waals surface area contributed by atoms with Crippen LogP contribution >= 0.6 is 28.1 Å². The van der Waals surface area contributed by atoms with Gasteiger partial charge < -0.3 is 11.1 Å². The average Bonchev–Trinajstić information content (AvgIpc) is 2.39. The predicted octanol–water partition coefficient (Wildman–Crippen LogP) is 3.78. The molecule has 2 aromatic rings. The minimum Gasteiger partial charge on any atom is -0.389 e. The van der Waals surface area contributed by atoms with Crippen LogP contribution in [0, 0.1) is 12.7 Å². The van der Waals surface area contributed by atoms with Crippen molar-refractivity contribution in [1.82, 2.24) is 0 Å². The van der Waals surface area contributed by atoms with Gasteiger partial charge in [-0.05, 0) is 64.8 Å². The average molecular weight is 367 g/mol. The van der Waals surface area contributed by atoms with Gasteiger partial charge in [0.25, 0.3) is 5.91 Å². The SMILES string of the molecule is Cc1cc(F)cc(C(=O)Nc2ccc(C(N)=S)cc2Br)c1. The Morgan fingerprint density at radius 2 is 1.95 bits per heavy atom. The molecule has 0 unspecified atom stereocenters. The fourth-order valence-corrected chi connectivity index (χ4v) is 2.44. The lowest BCUT2D eigenvalue weighted by atomic mass is 10.1. The lowest BCUT2D eigenvalue weighted by Gasteiger charge is -2.09. The van der Waals surface area contributed by atoms with Gasteiger partial charge in [0, 0.05) is 15.6 Å². The predicted molar refractivity (Wildman–Crippen MR) is 89.1 cm³/mol. The van der Waals surface area contributed by atoms with Crippen LogP contribution < -0.4 is 11.1 Å². The van der Waals surface area contributed by atoms with Crippen LogP contribution in [-0.2, 0) is 0 Å². The molecule has 21 heavy (non-hydrogen) atoms. The van der Waals surface area contributed by atoms with Crippen LogP contribution in [0.3, 0.4) is 0 Å². The highest BCUT2D eigenvalue weighted by Gasteiger charge is 2.11. The first-order chi connectivity index (χ1) is 9.86. The van der Waals surface area contributed by atoms with Crippen molar-refractivity contribution in [1.29, 1.82) is 0 Å². The maximum absolute atomic E-state index is 13.3. The van der Waals surface area contributed by atoms with E-state index < -0.39 is 5.82 Å². The number of aryl methyl sites for hydroxylation is 1. The zero-order chi connectivity index (χ0) is 15.6. The Kier molecular flexibility index (Phi) is 4.69. The van der Waals surface area contributed by atoms with Gasteiger partial charge in [-0.2, -0.15) is 0 Å². The maximum atomic E-state index is 13.3. The number of nitrogens with one attached hydrogen (secondary N) is 1. The standard InChI is InChI=1S/C15H12BrFN2OS/c1-8-4-10(6-11(17)5-8)15(20)19-13-3-2-9(14(18)21)7-12(13)16/h2-7H,1H3,(H2,18,21)(H,19,20). The van der Waals surface area contributed by atoms with Crippen LogP contribution in [-0.4, -0.2) is 10.9 Å².